The van der Waals surface area contributed by atoms with Crippen molar-refractivity contribution in [1.82, 2.24) is 4.90 Å². The van der Waals surface area contributed by atoms with E-state index in [0.717, 1.165) is 5.69 Å². The average molecular weight is 194 g/mol. The van der Waals surface area contributed by atoms with Crippen LogP contribution in [0.1, 0.15) is 18.5 Å². The SMILES string of the molecule is CC(c1ccc(N)cc1)N(C)CCO. The van der Waals surface area contributed by atoms with Crippen molar-refractivity contribution in [3.8, 4) is 0 Å². The number of aliphatic hydroxyl groups is 1. The van der Waals surface area contributed by atoms with Gasteiger partial charge in [-0.1, -0.05) is 12.1 Å². The van der Waals surface area contributed by atoms with Gasteiger partial charge in [0.1, 0.15) is 0 Å². The van der Waals surface area contributed by atoms with Crippen molar-refractivity contribution in [2.45, 2.75) is 13.0 Å². The lowest BCUT2D eigenvalue weighted by Gasteiger charge is -2.24. The highest BCUT2D eigenvalue weighted by Gasteiger charge is 2.09. The Labute approximate surface area is 85.2 Å². The molecule has 0 spiro atoms. The summed E-state index contributed by atoms with van der Waals surface area (Å²) in [4.78, 5) is 2.10. The van der Waals surface area contributed by atoms with Crippen molar-refractivity contribution >= 4 is 5.69 Å². The first-order valence-corrected chi connectivity index (χ1v) is 4.81. The minimum Gasteiger partial charge on any atom is -0.399 e. The van der Waals surface area contributed by atoms with Crippen LogP contribution >= 0.6 is 0 Å². The van der Waals surface area contributed by atoms with Crippen molar-refractivity contribution < 1.29 is 5.11 Å². The zero-order valence-corrected chi connectivity index (χ0v) is 8.77. The molecule has 0 aliphatic rings. The fourth-order valence-corrected chi connectivity index (χ4v) is 1.38. The van der Waals surface area contributed by atoms with Gasteiger partial charge in [-0.2, -0.15) is 0 Å². The van der Waals surface area contributed by atoms with Gasteiger partial charge in [0.05, 0.1) is 6.61 Å². The van der Waals surface area contributed by atoms with Crippen LogP contribution in [0.2, 0.25) is 0 Å². The van der Waals surface area contributed by atoms with Gasteiger partial charge in [-0.25, -0.2) is 0 Å². The first-order valence-electron chi connectivity index (χ1n) is 4.81. The summed E-state index contributed by atoms with van der Waals surface area (Å²) in [6.07, 6.45) is 0. The van der Waals surface area contributed by atoms with Crippen molar-refractivity contribution in [3.63, 3.8) is 0 Å². The van der Waals surface area contributed by atoms with E-state index in [1.807, 2.05) is 31.3 Å². The molecule has 1 aromatic carbocycles. The number of nitrogens with zero attached hydrogens (tertiary/aromatic N) is 1. The van der Waals surface area contributed by atoms with Crippen LogP contribution in [0, 0.1) is 0 Å². The Morgan fingerprint density at radius 3 is 2.43 bits per heavy atom. The molecule has 0 bridgehead atoms. The van der Waals surface area contributed by atoms with Crippen molar-refractivity contribution in [2.24, 2.45) is 0 Å². The third-order valence-corrected chi connectivity index (χ3v) is 2.53. The molecule has 3 heteroatoms. The number of nitrogens with two attached hydrogens (primary N) is 1. The third kappa shape index (κ3) is 2.72. The Balaban J connectivity index is 2.68. The summed E-state index contributed by atoms with van der Waals surface area (Å²) in [5.41, 5.74) is 7.61. The number of nitrogen functional groups attached to an aromatic ring is 1. The third-order valence-electron chi connectivity index (χ3n) is 2.53. The second kappa shape index (κ2) is 4.98. The van der Waals surface area contributed by atoms with Gasteiger partial charge in [0.25, 0.3) is 0 Å². The summed E-state index contributed by atoms with van der Waals surface area (Å²) >= 11 is 0. The molecule has 1 atom stereocenters. The van der Waals surface area contributed by atoms with Gasteiger partial charge in [-0.05, 0) is 31.7 Å². The molecule has 3 N–H and O–H groups in total. The number of likely N-dealkylation sites (N-methyl/N-ethyl adjacent to an activating group) is 1. The molecule has 0 radical (unpaired) electrons. The zero-order valence-electron chi connectivity index (χ0n) is 8.77. The quantitative estimate of drug-likeness (QED) is 0.709. The number of rotatable bonds is 4. The summed E-state index contributed by atoms with van der Waals surface area (Å²) in [5, 5.41) is 8.81. The van der Waals surface area contributed by atoms with E-state index in [1.54, 1.807) is 0 Å². The highest BCUT2D eigenvalue weighted by molar-refractivity contribution is 5.39. The van der Waals surface area contributed by atoms with Crippen molar-refractivity contribution in [3.05, 3.63) is 29.8 Å². The van der Waals surface area contributed by atoms with E-state index in [4.69, 9.17) is 10.8 Å². The molecular weight excluding hydrogens is 176 g/mol. The maximum Gasteiger partial charge on any atom is 0.0558 e. The number of anilines is 1. The lowest BCUT2D eigenvalue weighted by molar-refractivity contribution is 0.189. The Hall–Kier alpha value is -1.06. The van der Waals surface area contributed by atoms with Gasteiger partial charge in [0, 0.05) is 18.3 Å². The molecular formula is C11H18N2O. The van der Waals surface area contributed by atoms with E-state index in [9.17, 15) is 0 Å². The molecule has 0 fully saturated rings. The lowest BCUT2D eigenvalue weighted by atomic mass is 10.1. The number of hydrogen-bond donors (Lipinski definition) is 2. The molecule has 3 nitrogen and oxygen atoms in total. The molecule has 1 aromatic rings. The second-order valence-corrected chi connectivity index (χ2v) is 3.55. The van der Waals surface area contributed by atoms with Gasteiger partial charge in [-0.3, -0.25) is 4.90 Å². The fourth-order valence-electron chi connectivity index (χ4n) is 1.38. The molecule has 0 heterocycles. The monoisotopic (exact) mass is 194 g/mol. The molecule has 0 amide bonds. The smallest absolute Gasteiger partial charge is 0.0558 e. The van der Waals surface area contributed by atoms with Gasteiger partial charge in [-0.15, -0.1) is 0 Å². The van der Waals surface area contributed by atoms with Crippen LogP contribution in [0.15, 0.2) is 24.3 Å². The number of benzene rings is 1. The molecule has 0 aliphatic heterocycles. The van der Waals surface area contributed by atoms with Gasteiger partial charge >= 0.3 is 0 Å². The van der Waals surface area contributed by atoms with Crippen LogP contribution in [-0.2, 0) is 0 Å². The lowest BCUT2D eigenvalue weighted by Crippen LogP contribution is -2.25. The zero-order chi connectivity index (χ0) is 10.6. The average Bonchev–Trinajstić information content (AvgIpc) is 2.18. The van der Waals surface area contributed by atoms with Crippen LogP contribution in [0.3, 0.4) is 0 Å². The van der Waals surface area contributed by atoms with E-state index >= 15 is 0 Å². The van der Waals surface area contributed by atoms with Crippen LogP contribution < -0.4 is 5.73 Å². The minimum atomic E-state index is 0.190. The van der Waals surface area contributed by atoms with Gasteiger partial charge in [0.2, 0.25) is 0 Å². The fraction of sp³-hybridized carbons (Fsp3) is 0.455. The summed E-state index contributed by atoms with van der Waals surface area (Å²) < 4.78 is 0. The predicted molar refractivity (Wildman–Crippen MR) is 59.0 cm³/mol. The topological polar surface area (TPSA) is 49.5 Å². The van der Waals surface area contributed by atoms with E-state index in [0.29, 0.717) is 12.6 Å². The van der Waals surface area contributed by atoms with Crippen LogP contribution in [-0.4, -0.2) is 30.2 Å². The maximum absolute atomic E-state index is 8.81. The standard InChI is InChI=1S/C11H18N2O/c1-9(13(2)7-8-14)10-3-5-11(12)6-4-10/h3-6,9,14H,7-8,12H2,1-2H3. The Morgan fingerprint density at radius 2 is 1.93 bits per heavy atom. The van der Waals surface area contributed by atoms with Gasteiger partial charge < -0.3 is 10.8 Å². The summed E-state index contributed by atoms with van der Waals surface area (Å²) in [7, 11) is 2.00. The predicted octanol–water partition coefficient (Wildman–Crippen LogP) is 1.25. The maximum atomic E-state index is 8.81. The molecule has 0 saturated heterocycles. The van der Waals surface area contributed by atoms with Crippen LogP contribution in [0.5, 0.6) is 0 Å². The summed E-state index contributed by atoms with van der Waals surface area (Å²) in [5.74, 6) is 0. The molecule has 78 valence electrons. The molecule has 1 rings (SSSR count). The Morgan fingerprint density at radius 1 is 1.36 bits per heavy atom. The van der Waals surface area contributed by atoms with Crippen molar-refractivity contribution in [2.75, 3.05) is 25.9 Å². The molecule has 0 aromatic heterocycles. The molecule has 0 aliphatic carbocycles. The van der Waals surface area contributed by atoms with E-state index in [1.165, 1.54) is 5.56 Å². The molecule has 1 unspecified atom stereocenters. The first-order chi connectivity index (χ1) is 6.65. The van der Waals surface area contributed by atoms with Crippen LogP contribution in [0.4, 0.5) is 5.69 Å². The largest absolute Gasteiger partial charge is 0.399 e. The number of aliphatic hydroxyl groups excluding tert-OH is 1. The Bertz CT molecular complexity index is 271. The van der Waals surface area contributed by atoms with E-state index < -0.39 is 0 Å². The Kier molecular flexibility index (Phi) is 3.92. The van der Waals surface area contributed by atoms with E-state index in [-0.39, 0.29) is 6.61 Å². The van der Waals surface area contributed by atoms with Crippen LogP contribution in [0.25, 0.3) is 0 Å². The first kappa shape index (κ1) is 11.0. The normalized spacial score (nSPS) is 13.1. The molecule has 14 heavy (non-hydrogen) atoms. The number of hydrogen-bond acceptors (Lipinski definition) is 3. The highest BCUT2D eigenvalue weighted by Crippen LogP contribution is 2.19. The second-order valence-electron chi connectivity index (χ2n) is 3.55. The summed E-state index contributed by atoms with van der Waals surface area (Å²) in [6, 6.07) is 8.15. The van der Waals surface area contributed by atoms with E-state index in [2.05, 4.69) is 11.8 Å². The minimum absolute atomic E-state index is 0.190. The highest BCUT2D eigenvalue weighted by atomic mass is 16.3. The summed E-state index contributed by atoms with van der Waals surface area (Å²) in [6.45, 7) is 2.99. The van der Waals surface area contributed by atoms with Gasteiger partial charge in [0.15, 0.2) is 0 Å². The van der Waals surface area contributed by atoms with Crippen molar-refractivity contribution in [1.29, 1.82) is 0 Å². The molecule has 0 saturated carbocycles.